The van der Waals surface area contributed by atoms with Gasteiger partial charge in [-0.05, 0) is 41.0 Å². The van der Waals surface area contributed by atoms with Crippen LogP contribution in [0.25, 0.3) is 6.08 Å². The Morgan fingerprint density at radius 2 is 1.74 bits per heavy atom. The zero-order valence-corrected chi connectivity index (χ0v) is 15.5. The minimum Gasteiger partial charge on any atom is -0.489 e. The van der Waals surface area contributed by atoms with E-state index < -0.39 is 0 Å². The lowest BCUT2D eigenvalue weighted by atomic mass is 10.2. The highest BCUT2D eigenvalue weighted by Gasteiger charge is 2.01. The van der Waals surface area contributed by atoms with E-state index in [0.29, 0.717) is 18.2 Å². The standard InChI is InChI=1S/C23H20ClNO2/c24-22-12-5-4-10-20(22)16-25-23(26)14-13-18-9-6-11-21(15-18)27-17-19-7-2-1-3-8-19/h1-15H,16-17H2,(H,25,26)/b14-13+. The first-order chi connectivity index (χ1) is 13.2. The number of benzene rings is 3. The molecule has 1 amide bonds. The lowest BCUT2D eigenvalue weighted by Crippen LogP contribution is -2.20. The minimum absolute atomic E-state index is 0.175. The quantitative estimate of drug-likeness (QED) is 0.571. The SMILES string of the molecule is O=C(/C=C/c1cccc(OCc2ccccc2)c1)NCc1ccccc1Cl. The Morgan fingerprint density at radius 3 is 2.56 bits per heavy atom. The van der Waals surface area contributed by atoms with Crippen LogP contribution in [0.2, 0.25) is 5.02 Å². The number of ether oxygens (including phenoxy) is 1. The van der Waals surface area contributed by atoms with Crippen molar-refractivity contribution < 1.29 is 9.53 Å². The first-order valence-electron chi connectivity index (χ1n) is 8.67. The van der Waals surface area contributed by atoms with Crippen LogP contribution in [0.1, 0.15) is 16.7 Å². The van der Waals surface area contributed by atoms with Gasteiger partial charge in [-0.15, -0.1) is 0 Å². The molecule has 0 aromatic heterocycles. The summed E-state index contributed by atoms with van der Waals surface area (Å²) in [5.74, 6) is 0.586. The number of hydrogen-bond acceptors (Lipinski definition) is 2. The van der Waals surface area contributed by atoms with Crippen molar-refractivity contribution in [2.45, 2.75) is 13.2 Å². The van der Waals surface area contributed by atoms with Crippen molar-refractivity contribution in [3.05, 3.63) is 107 Å². The summed E-state index contributed by atoms with van der Waals surface area (Å²) in [5, 5.41) is 3.47. The molecule has 136 valence electrons. The highest BCUT2D eigenvalue weighted by atomic mass is 35.5. The van der Waals surface area contributed by atoms with E-state index in [9.17, 15) is 4.79 Å². The van der Waals surface area contributed by atoms with Gasteiger partial charge in [0, 0.05) is 17.6 Å². The maximum atomic E-state index is 12.0. The average Bonchev–Trinajstić information content (AvgIpc) is 2.71. The molecular formula is C23H20ClNO2. The van der Waals surface area contributed by atoms with E-state index in [0.717, 1.165) is 22.4 Å². The van der Waals surface area contributed by atoms with Gasteiger partial charge in [-0.25, -0.2) is 0 Å². The maximum absolute atomic E-state index is 12.0. The third-order valence-electron chi connectivity index (χ3n) is 3.94. The van der Waals surface area contributed by atoms with Gasteiger partial charge >= 0.3 is 0 Å². The van der Waals surface area contributed by atoms with Crippen LogP contribution in [0.3, 0.4) is 0 Å². The molecule has 4 heteroatoms. The van der Waals surface area contributed by atoms with Crippen LogP contribution in [0.15, 0.2) is 84.9 Å². The molecule has 3 aromatic rings. The highest BCUT2D eigenvalue weighted by Crippen LogP contribution is 2.17. The molecule has 0 aliphatic heterocycles. The number of amides is 1. The third-order valence-corrected chi connectivity index (χ3v) is 4.31. The summed E-state index contributed by atoms with van der Waals surface area (Å²) in [5.41, 5.74) is 2.89. The first-order valence-corrected chi connectivity index (χ1v) is 9.04. The molecular weight excluding hydrogens is 358 g/mol. The van der Waals surface area contributed by atoms with Gasteiger partial charge in [0.1, 0.15) is 12.4 Å². The van der Waals surface area contributed by atoms with Crippen molar-refractivity contribution in [3.63, 3.8) is 0 Å². The van der Waals surface area contributed by atoms with Gasteiger partial charge < -0.3 is 10.1 Å². The van der Waals surface area contributed by atoms with Gasteiger partial charge in [0.05, 0.1) is 0 Å². The molecule has 0 fully saturated rings. The fourth-order valence-corrected chi connectivity index (χ4v) is 2.71. The number of rotatable bonds is 7. The highest BCUT2D eigenvalue weighted by molar-refractivity contribution is 6.31. The molecule has 3 rings (SSSR count). The van der Waals surface area contributed by atoms with Crippen molar-refractivity contribution in [3.8, 4) is 5.75 Å². The molecule has 0 atom stereocenters. The molecule has 0 unspecified atom stereocenters. The second kappa shape index (κ2) is 9.60. The Bertz CT molecular complexity index is 922. The predicted octanol–water partition coefficient (Wildman–Crippen LogP) is 5.25. The molecule has 0 spiro atoms. The molecule has 0 saturated heterocycles. The topological polar surface area (TPSA) is 38.3 Å². The summed E-state index contributed by atoms with van der Waals surface area (Å²) < 4.78 is 5.81. The van der Waals surface area contributed by atoms with Crippen LogP contribution in [-0.2, 0) is 17.9 Å². The summed E-state index contributed by atoms with van der Waals surface area (Å²) >= 11 is 6.09. The van der Waals surface area contributed by atoms with Crippen molar-refractivity contribution in [1.82, 2.24) is 5.32 Å². The molecule has 0 aliphatic rings. The molecule has 27 heavy (non-hydrogen) atoms. The van der Waals surface area contributed by atoms with Crippen molar-refractivity contribution >= 4 is 23.6 Å². The fraction of sp³-hybridized carbons (Fsp3) is 0.0870. The summed E-state index contributed by atoms with van der Waals surface area (Å²) in [6.45, 7) is 0.898. The lowest BCUT2D eigenvalue weighted by molar-refractivity contribution is -0.116. The third kappa shape index (κ3) is 6.01. The smallest absolute Gasteiger partial charge is 0.244 e. The van der Waals surface area contributed by atoms with E-state index in [1.165, 1.54) is 6.08 Å². The number of carbonyl (C=O) groups excluding carboxylic acids is 1. The van der Waals surface area contributed by atoms with E-state index >= 15 is 0 Å². The van der Waals surface area contributed by atoms with Crippen LogP contribution in [0, 0.1) is 0 Å². The minimum atomic E-state index is -0.175. The second-order valence-corrected chi connectivity index (χ2v) is 6.40. The first kappa shape index (κ1) is 18.7. The number of nitrogens with one attached hydrogen (secondary N) is 1. The van der Waals surface area contributed by atoms with Crippen LogP contribution < -0.4 is 10.1 Å². The number of carbonyl (C=O) groups is 1. The van der Waals surface area contributed by atoms with Crippen molar-refractivity contribution in [2.75, 3.05) is 0 Å². The molecule has 1 N–H and O–H groups in total. The Balaban J connectivity index is 1.53. The van der Waals surface area contributed by atoms with E-state index in [-0.39, 0.29) is 5.91 Å². The van der Waals surface area contributed by atoms with Crippen LogP contribution in [0.4, 0.5) is 0 Å². The van der Waals surface area contributed by atoms with Crippen LogP contribution >= 0.6 is 11.6 Å². The molecule has 3 nitrogen and oxygen atoms in total. The summed E-state index contributed by atoms with van der Waals surface area (Å²) in [7, 11) is 0. The molecule has 3 aromatic carbocycles. The number of hydrogen-bond donors (Lipinski definition) is 1. The Hall–Kier alpha value is -3.04. The van der Waals surface area contributed by atoms with Gasteiger partial charge in [-0.3, -0.25) is 4.79 Å². The summed E-state index contributed by atoms with van der Waals surface area (Å²) in [6, 6.07) is 25.1. The largest absolute Gasteiger partial charge is 0.489 e. The van der Waals surface area contributed by atoms with E-state index in [1.807, 2.05) is 72.8 Å². The maximum Gasteiger partial charge on any atom is 0.244 e. The zero-order valence-electron chi connectivity index (χ0n) is 14.8. The normalized spacial score (nSPS) is 10.7. The van der Waals surface area contributed by atoms with E-state index in [1.54, 1.807) is 12.1 Å². The van der Waals surface area contributed by atoms with Gasteiger partial charge in [-0.1, -0.05) is 72.3 Å². The van der Waals surface area contributed by atoms with E-state index in [4.69, 9.17) is 16.3 Å². The fourth-order valence-electron chi connectivity index (χ4n) is 2.50. The Morgan fingerprint density at radius 1 is 0.963 bits per heavy atom. The summed E-state index contributed by atoms with van der Waals surface area (Å²) in [4.78, 5) is 12.0. The van der Waals surface area contributed by atoms with Crippen molar-refractivity contribution in [1.29, 1.82) is 0 Å². The Kier molecular flexibility index (Phi) is 6.66. The molecule has 0 heterocycles. The molecule has 0 aliphatic carbocycles. The predicted molar refractivity (Wildman–Crippen MR) is 110 cm³/mol. The second-order valence-electron chi connectivity index (χ2n) is 5.99. The Labute approximate surface area is 164 Å². The average molecular weight is 378 g/mol. The van der Waals surface area contributed by atoms with Crippen LogP contribution in [0.5, 0.6) is 5.75 Å². The van der Waals surface area contributed by atoms with E-state index in [2.05, 4.69) is 5.32 Å². The van der Waals surface area contributed by atoms with Gasteiger partial charge in [0.2, 0.25) is 5.91 Å². The summed E-state index contributed by atoms with van der Waals surface area (Å²) in [6.07, 6.45) is 3.27. The van der Waals surface area contributed by atoms with Gasteiger partial charge in [0.25, 0.3) is 0 Å². The van der Waals surface area contributed by atoms with Crippen LogP contribution in [-0.4, -0.2) is 5.91 Å². The monoisotopic (exact) mass is 377 g/mol. The zero-order chi connectivity index (χ0) is 18.9. The lowest BCUT2D eigenvalue weighted by Gasteiger charge is -2.07. The molecule has 0 saturated carbocycles. The molecule has 0 bridgehead atoms. The molecule has 0 radical (unpaired) electrons. The number of halogens is 1. The van der Waals surface area contributed by atoms with Crippen molar-refractivity contribution in [2.24, 2.45) is 0 Å². The van der Waals surface area contributed by atoms with Gasteiger partial charge in [0.15, 0.2) is 0 Å². The van der Waals surface area contributed by atoms with Gasteiger partial charge in [-0.2, -0.15) is 0 Å².